The number of carbonyl (C=O) groups is 1. The summed E-state index contributed by atoms with van der Waals surface area (Å²) < 4.78 is 29.7. The van der Waals surface area contributed by atoms with Crippen LogP contribution in [0.4, 0.5) is 0 Å². The Morgan fingerprint density at radius 1 is 0.541 bits per heavy atom. The third kappa shape index (κ3) is 20.3. The number of rotatable bonds is 35. The van der Waals surface area contributed by atoms with E-state index in [1.54, 1.807) is 0 Å². The molecule has 0 aliphatic rings. The monoisotopic (exact) mass is 856 g/mol. The highest BCUT2D eigenvalue weighted by Gasteiger charge is 2.32. The molecular formula is C48H73NO12. The summed E-state index contributed by atoms with van der Waals surface area (Å²) in [5, 5.41) is 49.4. The quantitative estimate of drug-likeness (QED) is 0.0300. The first kappa shape index (κ1) is 51.6. The van der Waals surface area contributed by atoms with Gasteiger partial charge in [-0.15, -0.1) is 0 Å². The van der Waals surface area contributed by atoms with Crippen molar-refractivity contribution in [3.8, 4) is 39.5 Å². The van der Waals surface area contributed by atoms with Crippen LogP contribution in [0.3, 0.4) is 0 Å². The summed E-state index contributed by atoms with van der Waals surface area (Å²) in [6, 6.07) is 22.5. The van der Waals surface area contributed by atoms with Crippen LogP contribution in [-0.4, -0.2) is 127 Å². The SMILES string of the molecule is CCCCCCCCOc1ccc(-c2ccc(-c3ccc(OCCCCCCCC)cc3)c(OCCOCCOCCON(C[C@H](O)[C@@H](O)[C@H](O)[C@H](O)CO)C(C)=O)c2)cc1. The Balaban J connectivity index is 1.51. The lowest BCUT2D eigenvalue weighted by atomic mass is 9.99. The van der Waals surface area contributed by atoms with E-state index in [0.717, 1.165) is 64.0 Å². The van der Waals surface area contributed by atoms with E-state index in [-0.39, 0.29) is 26.4 Å². The topological polar surface area (TPSA) is 177 Å². The maximum absolute atomic E-state index is 12.0. The number of ether oxygens (including phenoxy) is 5. The molecule has 0 heterocycles. The van der Waals surface area contributed by atoms with Crippen molar-refractivity contribution < 1.29 is 58.8 Å². The van der Waals surface area contributed by atoms with Crippen molar-refractivity contribution in [3.63, 3.8) is 0 Å². The van der Waals surface area contributed by atoms with E-state index in [2.05, 4.69) is 56.3 Å². The molecule has 61 heavy (non-hydrogen) atoms. The number of hydrogen-bond donors (Lipinski definition) is 5. The average Bonchev–Trinajstić information content (AvgIpc) is 3.28. The number of nitrogens with zero attached hydrogens (tertiary/aromatic N) is 1. The molecule has 5 N–H and O–H groups in total. The van der Waals surface area contributed by atoms with E-state index in [9.17, 15) is 25.2 Å². The predicted octanol–water partition coefficient (Wildman–Crippen LogP) is 7.13. The molecule has 13 heteroatoms. The van der Waals surface area contributed by atoms with Crippen molar-refractivity contribution in [1.82, 2.24) is 5.06 Å². The Morgan fingerprint density at radius 2 is 1.02 bits per heavy atom. The molecule has 1 amide bonds. The summed E-state index contributed by atoms with van der Waals surface area (Å²) in [5.41, 5.74) is 4.03. The fourth-order valence-electron chi connectivity index (χ4n) is 6.53. The number of aliphatic hydroxyl groups is 5. The van der Waals surface area contributed by atoms with Gasteiger partial charge >= 0.3 is 0 Å². The lowest BCUT2D eigenvalue weighted by molar-refractivity contribution is -0.204. The summed E-state index contributed by atoms with van der Waals surface area (Å²) in [7, 11) is 0. The lowest BCUT2D eigenvalue weighted by Crippen LogP contribution is -2.50. The highest BCUT2D eigenvalue weighted by atomic mass is 16.7. The van der Waals surface area contributed by atoms with Gasteiger partial charge in [-0.3, -0.25) is 9.63 Å². The molecule has 4 atom stereocenters. The second-order valence-electron chi connectivity index (χ2n) is 15.3. The summed E-state index contributed by atoms with van der Waals surface area (Å²) in [6.07, 6.45) is 7.72. The number of hydrogen-bond acceptors (Lipinski definition) is 12. The first-order valence-electron chi connectivity index (χ1n) is 22.3. The van der Waals surface area contributed by atoms with Crippen LogP contribution in [0.2, 0.25) is 0 Å². The Morgan fingerprint density at radius 3 is 1.56 bits per heavy atom. The molecule has 0 spiro atoms. The molecule has 0 fully saturated rings. The number of unbranched alkanes of at least 4 members (excludes halogenated alkanes) is 10. The van der Waals surface area contributed by atoms with E-state index >= 15 is 0 Å². The van der Waals surface area contributed by atoms with Crippen LogP contribution in [0.15, 0.2) is 66.7 Å². The molecule has 0 radical (unpaired) electrons. The number of hydroxylamine groups is 2. The fraction of sp³-hybridized carbons (Fsp3) is 0.604. The van der Waals surface area contributed by atoms with Crippen LogP contribution < -0.4 is 14.2 Å². The minimum absolute atomic E-state index is 0.0341. The van der Waals surface area contributed by atoms with Gasteiger partial charge < -0.3 is 49.2 Å². The molecule has 3 aromatic rings. The van der Waals surface area contributed by atoms with Gasteiger partial charge in [0.05, 0.1) is 59.4 Å². The van der Waals surface area contributed by atoms with E-state index in [1.165, 1.54) is 71.1 Å². The van der Waals surface area contributed by atoms with Gasteiger partial charge in [0.25, 0.3) is 0 Å². The smallest absolute Gasteiger partial charge is 0.243 e. The first-order chi connectivity index (χ1) is 29.7. The maximum Gasteiger partial charge on any atom is 0.243 e. The molecule has 0 unspecified atom stereocenters. The Bertz CT molecular complexity index is 1570. The third-order valence-corrected chi connectivity index (χ3v) is 10.2. The zero-order valence-corrected chi connectivity index (χ0v) is 36.8. The van der Waals surface area contributed by atoms with Crippen molar-refractivity contribution in [2.75, 3.05) is 66.0 Å². The normalized spacial score (nSPS) is 13.4. The molecule has 0 saturated carbocycles. The Hall–Kier alpha value is -3.79. The summed E-state index contributed by atoms with van der Waals surface area (Å²) in [5.74, 6) is 1.89. The van der Waals surface area contributed by atoms with Gasteiger partial charge in [-0.2, -0.15) is 0 Å². The molecule has 0 aliphatic heterocycles. The molecule has 13 nitrogen and oxygen atoms in total. The van der Waals surface area contributed by atoms with Crippen molar-refractivity contribution >= 4 is 5.91 Å². The molecule has 0 bridgehead atoms. The van der Waals surface area contributed by atoms with E-state index < -0.39 is 43.5 Å². The lowest BCUT2D eigenvalue weighted by Gasteiger charge is -2.29. The van der Waals surface area contributed by atoms with Crippen LogP contribution >= 0.6 is 0 Å². The maximum atomic E-state index is 12.0. The molecule has 0 aromatic heterocycles. The van der Waals surface area contributed by atoms with Gasteiger partial charge in [0, 0.05) is 12.5 Å². The second-order valence-corrected chi connectivity index (χ2v) is 15.3. The van der Waals surface area contributed by atoms with Crippen LogP contribution in [0.5, 0.6) is 17.2 Å². The zero-order chi connectivity index (χ0) is 44.1. The highest BCUT2D eigenvalue weighted by Crippen LogP contribution is 2.36. The first-order valence-corrected chi connectivity index (χ1v) is 22.3. The van der Waals surface area contributed by atoms with Gasteiger partial charge in [0.1, 0.15) is 48.3 Å². The van der Waals surface area contributed by atoms with Crippen molar-refractivity contribution in [2.24, 2.45) is 0 Å². The van der Waals surface area contributed by atoms with Gasteiger partial charge in [0.15, 0.2) is 0 Å². The summed E-state index contributed by atoms with van der Waals surface area (Å²) in [4.78, 5) is 17.3. The predicted molar refractivity (Wildman–Crippen MR) is 237 cm³/mol. The van der Waals surface area contributed by atoms with Crippen LogP contribution in [0.25, 0.3) is 22.3 Å². The van der Waals surface area contributed by atoms with Crippen LogP contribution in [0, 0.1) is 0 Å². The summed E-state index contributed by atoms with van der Waals surface area (Å²) >= 11 is 0. The Labute approximate surface area is 363 Å². The molecule has 3 rings (SSSR count). The number of amides is 1. The molecule has 0 aliphatic carbocycles. The van der Waals surface area contributed by atoms with Gasteiger partial charge in [-0.05, 0) is 59.9 Å². The molecule has 3 aromatic carbocycles. The van der Waals surface area contributed by atoms with Crippen molar-refractivity contribution in [3.05, 3.63) is 66.7 Å². The summed E-state index contributed by atoms with van der Waals surface area (Å²) in [6.45, 7) is 7.04. The van der Waals surface area contributed by atoms with Gasteiger partial charge in [0.2, 0.25) is 5.91 Å². The van der Waals surface area contributed by atoms with E-state index in [4.69, 9.17) is 33.6 Å². The molecule has 0 saturated heterocycles. The van der Waals surface area contributed by atoms with E-state index in [0.29, 0.717) is 19.8 Å². The third-order valence-electron chi connectivity index (χ3n) is 10.2. The van der Waals surface area contributed by atoms with E-state index in [1.807, 2.05) is 24.3 Å². The molecular weight excluding hydrogens is 783 g/mol. The average molecular weight is 856 g/mol. The standard InChI is InChI=1S/C48H73NO12/c1-4-6-8-10-12-14-26-58-41-21-16-38(17-22-41)40-20-25-43(39-18-23-42(24-19-39)59-27-15-13-11-9-7-5-2)46(34-40)60-32-30-56-28-29-57-31-33-61-49(37(3)51)35-44(52)47(54)48(55)45(53)36-50/h16-25,34,44-45,47-48,50,52-55H,4-15,26-33,35-36H2,1-3H3/t44-,45+,47+,48+/m0/s1. The van der Waals surface area contributed by atoms with Gasteiger partial charge in [-0.1, -0.05) is 114 Å². The molecule has 342 valence electrons. The number of carbonyl (C=O) groups excluding carboxylic acids is 1. The second kappa shape index (κ2) is 31.1. The number of aliphatic hydroxyl groups excluding tert-OH is 5. The van der Waals surface area contributed by atoms with Gasteiger partial charge in [-0.25, -0.2) is 5.06 Å². The number of benzene rings is 3. The minimum Gasteiger partial charge on any atom is -0.494 e. The van der Waals surface area contributed by atoms with Crippen LogP contribution in [0.1, 0.15) is 97.8 Å². The van der Waals surface area contributed by atoms with Crippen molar-refractivity contribution in [2.45, 2.75) is 122 Å². The van der Waals surface area contributed by atoms with Crippen molar-refractivity contribution in [1.29, 1.82) is 0 Å². The van der Waals surface area contributed by atoms with Crippen LogP contribution in [-0.2, 0) is 19.1 Å². The zero-order valence-electron chi connectivity index (χ0n) is 36.8. The minimum atomic E-state index is -1.82. The Kier molecular flexibility index (Phi) is 26.3. The largest absolute Gasteiger partial charge is 0.494 e. The highest BCUT2D eigenvalue weighted by molar-refractivity contribution is 5.77. The fourth-order valence-corrected chi connectivity index (χ4v) is 6.53.